The third-order valence-electron chi connectivity index (χ3n) is 3.78. The van der Waals surface area contributed by atoms with Crippen LogP contribution in [0.25, 0.3) is 5.69 Å². The maximum absolute atomic E-state index is 12.4. The van der Waals surface area contributed by atoms with Crippen LogP contribution in [-0.2, 0) is 12.8 Å². The van der Waals surface area contributed by atoms with E-state index >= 15 is 0 Å². The summed E-state index contributed by atoms with van der Waals surface area (Å²) in [5.41, 5.74) is 6.79. The van der Waals surface area contributed by atoms with E-state index in [0.717, 1.165) is 47.3 Å². The topological polar surface area (TPSA) is 37.8 Å². The van der Waals surface area contributed by atoms with Crippen LogP contribution in [0.15, 0.2) is 16.9 Å². The van der Waals surface area contributed by atoms with Crippen molar-refractivity contribution in [3.63, 3.8) is 0 Å². The fourth-order valence-electron chi connectivity index (χ4n) is 3.11. The minimum atomic E-state index is 0.137. The third-order valence-corrected chi connectivity index (χ3v) is 3.78. The number of H-pyrrole nitrogens is 1. The predicted octanol–water partition coefficient (Wildman–Crippen LogP) is 2.58. The monoisotopic (exact) mass is 242 g/mol. The number of benzene rings is 1. The summed E-state index contributed by atoms with van der Waals surface area (Å²) >= 11 is 0. The Kier molecular flexibility index (Phi) is 2.44. The minimum absolute atomic E-state index is 0.137. The third kappa shape index (κ3) is 1.54. The number of nitrogens with zero attached hydrogens (tertiary/aromatic N) is 1. The van der Waals surface area contributed by atoms with Crippen molar-refractivity contribution in [3.05, 3.63) is 50.4 Å². The van der Waals surface area contributed by atoms with Gasteiger partial charge in [0.15, 0.2) is 0 Å². The smallest absolute Gasteiger partial charge is 0.274 e. The van der Waals surface area contributed by atoms with Crippen LogP contribution in [0, 0.1) is 20.8 Å². The first-order valence-electron chi connectivity index (χ1n) is 6.49. The summed E-state index contributed by atoms with van der Waals surface area (Å²) in [5.74, 6) is 0. The molecule has 0 radical (unpaired) electrons. The maximum atomic E-state index is 12.4. The second-order valence-electron chi connectivity index (χ2n) is 5.31. The normalized spacial score (nSPS) is 13.9. The molecule has 0 bridgehead atoms. The Morgan fingerprint density at radius 3 is 2.39 bits per heavy atom. The number of aromatic amines is 1. The molecule has 1 aliphatic carbocycles. The summed E-state index contributed by atoms with van der Waals surface area (Å²) in [4.78, 5) is 12.4. The molecule has 1 N–H and O–H groups in total. The summed E-state index contributed by atoms with van der Waals surface area (Å²) in [7, 11) is 0. The highest BCUT2D eigenvalue weighted by atomic mass is 16.1. The second kappa shape index (κ2) is 3.87. The van der Waals surface area contributed by atoms with Gasteiger partial charge in [0.05, 0.1) is 5.69 Å². The highest BCUT2D eigenvalue weighted by molar-refractivity contribution is 5.49. The Hall–Kier alpha value is -1.77. The molecule has 0 saturated heterocycles. The number of hydrogen-bond donors (Lipinski definition) is 1. The van der Waals surface area contributed by atoms with Crippen LogP contribution in [0.5, 0.6) is 0 Å². The van der Waals surface area contributed by atoms with Crippen molar-refractivity contribution in [1.29, 1.82) is 0 Å². The molecular weight excluding hydrogens is 224 g/mol. The average Bonchev–Trinajstić information content (AvgIpc) is 2.82. The molecule has 18 heavy (non-hydrogen) atoms. The maximum Gasteiger partial charge on any atom is 0.274 e. The van der Waals surface area contributed by atoms with Gasteiger partial charge in [-0.25, -0.2) is 4.68 Å². The Morgan fingerprint density at radius 2 is 1.78 bits per heavy atom. The van der Waals surface area contributed by atoms with Gasteiger partial charge in [-0.2, -0.15) is 0 Å². The van der Waals surface area contributed by atoms with Crippen molar-refractivity contribution < 1.29 is 0 Å². The largest absolute Gasteiger partial charge is 0.295 e. The van der Waals surface area contributed by atoms with Crippen LogP contribution in [0.1, 0.15) is 34.4 Å². The fourth-order valence-corrected chi connectivity index (χ4v) is 3.11. The van der Waals surface area contributed by atoms with E-state index in [1.54, 1.807) is 4.68 Å². The number of fused-ring (bicyclic) bond motifs is 1. The standard InChI is InChI=1S/C15H18N2O/c1-9-7-10(2)14(11(3)8-9)17-15(18)12-5-4-6-13(12)16-17/h7-8,16H,4-6H2,1-3H3. The quantitative estimate of drug-likeness (QED) is 0.820. The van der Waals surface area contributed by atoms with Crippen LogP contribution in [0.3, 0.4) is 0 Å². The van der Waals surface area contributed by atoms with E-state index in [1.807, 2.05) is 0 Å². The minimum Gasteiger partial charge on any atom is -0.295 e. The van der Waals surface area contributed by atoms with Crippen molar-refractivity contribution in [2.24, 2.45) is 0 Å². The van der Waals surface area contributed by atoms with E-state index in [4.69, 9.17) is 0 Å². The summed E-state index contributed by atoms with van der Waals surface area (Å²) in [6.45, 7) is 6.21. The molecule has 0 spiro atoms. The number of aryl methyl sites for hydroxylation is 4. The SMILES string of the molecule is Cc1cc(C)c(-n2[nH]c3c(c2=O)CCC3)c(C)c1. The Morgan fingerprint density at radius 1 is 1.11 bits per heavy atom. The fraction of sp³-hybridized carbons (Fsp3) is 0.400. The summed E-state index contributed by atoms with van der Waals surface area (Å²) in [6.07, 6.45) is 3.02. The Balaban J connectivity index is 2.26. The van der Waals surface area contributed by atoms with Gasteiger partial charge in [-0.3, -0.25) is 9.89 Å². The highest BCUT2D eigenvalue weighted by Gasteiger charge is 2.21. The Bertz CT molecular complexity index is 653. The van der Waals surface area contributed by atoms with Gasteiger partial charge in [0.1, 0.15) is 0 Å². The molecular formula is C15H18N2O. The molecule has 1 heterocycles. The van der Waals surface area contributed by atoms with Gasteiger partial charge in [-0.1, -0.05) is 17.7 Å². The van der Waals surface area contributed by atoms with Crippen molar-refractivity contribution in [2.75, 3.05) is 0 Å². The first-order chi connectivity index (χ1) is 8.58. The molecule has 0 fully saturated rings. The predicted molar refractivity (Wildman–Crippen MR) is 72.6 cm³/mol. The highest BCUT2D eigenvalue weighted by Crippen LogP contribution is 2.22. The lowest BCUT2D eigenvalue weighted by molar-refractivity contribution is 0.772. The molecule has 94 valence electrons. The van der Waals surface area contributed by atoms with Gasteiger partial charge in [0, 0.05) is 11.3 Å². The van der Waals surface area contributed by atoms with E-state index in [0.29, 0.717) is 0 Å². The number of aromatic nitrogens is 2. The van der Waals surface area contributed by atoms with Crippen molar-refractivity contribution in [1.82, 2.24) is 9.78 Å². The van der Waals surface area contributed by atoms with E-state index in [2.05, 4.69) is 38.0 Å². The molecule has 1 aliphatic rings. The lowest BCUT2D eigenvalue weighted by Crippen LogP contribution is -2.19. The van der Waals surface area contributed by atoms with E-state index < -0.39 is 0 Å². The zero-order valence-electron chi connectivity index (χ0n) is 11.1. The van der Waals surface area contributed by atoms with E-state index in [9.17, 15) is 4.79 Å². The first kappa shape index (κ1) is 11.3. The van der Waals surface area contributed by atoms with Gasteiger partial charge in [-0.05, 0) is 51.2 Å². The van der Waals surface area contributed by atoms with E-state index in [-0.39, 0.29) is 5.56 Å². The van der Waals surface area contributed by atoms with Crippen molar-refractivity contribution in [3.8, 4) is 5.69 Å². The molecule has 0 unspecified atom stereocenters. The molecule has 0 amide bonds. The molecule has 0 aliphatic heterocycles. The van der Waals surface area contributed by atoms with Gasteiger partial charge >= 0.3 is 0 Å². The number of nitrogens with one attached hydrogen (secondary N) is 1. The molecule has 1 aromatic carbocycles. The molecule has 3 rings (SSSR count). The zero-order valence-corrected chi connectivity index (χ0v) is 11.1. The van der Waals surface area contributed by atoms with Crippen molar-refractivity contribution >= 4 is 0 Å². The number of hydrogen-bond acceptors (Lipinski definition) is 1. The second-order valence-corrected chi connectivity index (χ2v) is 5.31. The van der Waals surface area contributed by atoms with Crippen LogP contribution < -0.4 is 5.56 Å². The molecule has 2 aromatic rings. The summed E-state index contributed by atoms with van der Waals surface area (Å²) in [6, 6.07) is 4.25. The van der Waals surface area contributed by atoms with Crippen LogP contribution in [-0.4, -0.2) is 9.78 Å². The van der Waals surface area contributed by atoms with E-state index in [1.165, 1.54) is 5.56 Å². The number of rotatable bonds is 1. The van der Waals surface area contributed by atoms with Crippen LogP contribution in [0.4, 0.5) is 0 Å². The average molecular weight is 242 g/mol. The summed E-state index contributed by atoms with van der Waals surface area (Å²) in [5, 5.41) is 3.28. The lowest BCUT2D eigenvalue weighted by Gasteiger charge is -2.11. The van der Waals surface area contributed by atoms with Gasteiger partial charge in [-0.15, -0.1) is 0 Å². The summed E-state index contributed by atoms with van der Waals surface area (Å²) < 4.78 is 1.73. The van der Waals surface area contributed by atoms with Gasteiger partial charge < -0.3 is 0 Å². The van der Waals surface area contributed by atoms with Gasteiger partial charge in [0.2, 0.25) is 0 Å². The molecule has 0 atom stereocenters. The molecule has 1 aromatic heterocycles. The first-order valence-corrected chi connectivity index (χ1v) is 6.49. The molecule has 3 heteroatoms. The lowest BCUT2D eigenvalue weighted by atomic mass is 10.1. The van der Waals surface area contributed by atoms with Crippen LogP contribution >= 0.6 is 0 Å². The molecule has 0 saturated carbocycles. The van der Waals surface area contributed by atoms with Crippen molar-refractivity contribution in [2.45, 2.75) is 40.0 Å². The van der Waals surface area contributed by atoms with Gasteiger partial charge in [0.25, 0.3) is 5.56 Å². The zero-order chi connectivity index (χ0) is 12.9. The van der Waals surface area contributed by atoms with Crippen LogP contribution in [0.2, 0.25) is 0 Å². The Labute approximate surface area is 106 Å². The molecule has 3 nitrogen and oxygen atoms in total.